The van der Waals surface area contributed by atoms with E-state index in [9.17, 15) is 4.79 Å². The van der Waals surface area contributed by atoms with Crippen LogP contribution in [0.2, 0.25) is 5.15 Å². The van der Waals surface area contributed by atoms with Gasteiger partial charge in [-0.25, -0.2) is 4.98 Å². The van der Waals surface area contributed by atoms with E-state index in [0.717, 1.165) is 11.1 Å². The maximum absolute atomic E-state index is 11.9. The van der Waals surface area contributed by atoms with Crippen molar-refractivity contribution in [3.8, 4) is 0 Å². The lowest BCUT2D eigenvalue weighted by Crippen LogP contribution is -2.15. The largest absolute Gasteiger partial charge is 0.324 e. The quantitative estimate of drug-likeness (QED) is 0.859. The van der Waals surface area contributed by atoms with E-state index in [-0.39, 0.29) is 5.91 Å². The van der Waals surface area contributed by atoms with E-state index in [1.807, 2.05) is 31.2 Å². The van der Waals surface area contributed by atoms with Crippen molar-refractivity contribution in [2.45, 2.75) is 13.3 Å². The monoisotopic (exact) mass is 338 g/mol. The van der Waals surface area contributed by atoms with Crippen molar-refractivity contribution in [1.82, 2.24) is 4.98 Å². The number of pyridine rings is 1. The zero-order valence-corrected chi connectivity index (χ0v) is 12.6. The number of amides is 1. The minimum Gasteiger partial charge on any atom is -0.324 e. The molecule has 98 valence electrons. The van der Waals surface area contributed by atoms with Crippen molar-refractivity contribution < 1.29 is 4.79 Å². The molecule has 0 aliphatic carbocycles. The number of hydrogen-bond donors (Lipinski definition) is 1. The van der Waals surface area contributed by atoms with E-state index < -0.39 is 0 Å². The van der Waals surface area contributed by atoms with Crippen molar-refractivity contribution in [2.24, 2.45) is 0 Å². The van der Waals surface area contributed by atoms with E-state index in [1.54, 1.807) is 6.07 Å². The third kappa shape index (κ3) is 3.78. The van der Waals surface area contributed by atoms with Crippen LogP contribution < -0.4 is 5.32 Å². The number of halogens is 2. The number of rotatable bonds is 3. The molecule has 0 spiro atoms. The highest BCUT2D eigenvalue weighted by Gasteiger charge is 2.07. The van der Waals surface area contributed by atoms with E-state index in [4.69, 9.17) is 11.6 Å². The van der Waals surface area contributed by atoms with Gasteiger partial charge in [0.2, 0.25) is 5.91 Å². The van der Waals surface area contributed by atoms with Crippen LogP contribution in [0.1, 0.15) is 11.1 Å². The Labute approximate surface area is 125 Å². The molecule has 5 heteroatoms. The van der Waals surface area contributed by atoms with Crippen molar-refractivity contribution in [3.05, 3.63) is 57.3 Å². The van der Waals surface area contributed by atoms with Crippen LogP contribution in [0.25, 0.3) is 0 Å². The first kappa shape index (κ1) is 14.0. The molecule has 0 fully saturated rings. The number of aryl methyl sites for hydroxylation is 1. The second kappa shape index (κ2) is 6.17. The Morgan fingerprint density at radius 3 is 2.84 bits per heavy atom. The maximum atomic E-state index is 11.9. The summed E-state index contributed by atoms with van der Waals surface area (Å²) in [5.41, 5.74) is 2.74. The molecule has 2 aromatic rings. The summed E-state index contributed by atoms with van der Waals surface area (Å²) in [6.45, 7) is 1.99. The molecule has 1 N–H and O–H groups in total. The average molecular weight is 340 g/mol. The Morgan fingerprint density at radius 2 is 2.16 bits per heavy atom. The Kier molecular flexibility index (Phi) is 4.56. The van der Waals surface area contributed by atoms with Crippen LogP contribution in [0.4, 0.5) is 5.69 Å². The molecule has 0 aliphatic heterocycles. The van der Waals surface area contributed by atoms with E-state index in [1.165, 1.54) is 6.20 Å². The first-order valence-electron chi connectivity index (χ1n) is 5.71. The van der Waals surface area contributed by atoms with Gasteiger partial charge in [0.25, 0.3) is 0 Å². The number of carbonyl (C=O) groups excluding carboxylic acids is 1. The molecule has 0 atom stereocenters. The molecule has 0 bridgehead atoms. The molecule has 0 radical (unpaired) electrons. The lowest BCUT2D eigenvalue weighted by molar-refractivity contribution is -0.115. The van der Waals surface area contributed by atoms with Crippen LogP contribution in [0.15, 0.2) is 41.0 Å². The third-order valence-corrected chi connectivity index (χ3v) is 3.83. The van der Waals surface area contributed by atoms with Crippen LogP contribution in [-0.4, -0.2) is 10.9 Å². The number of hydrogen-bond acceptors (Lipinski definition) is 2. The maximum Gasteiger partial charge on any atom is 0.228 e. The van der Waals surface area contributed by atoms with Gasteiger partial charge in [0.05, 0.1) is 22.8 Å². The van der Waals surface area contributed by atoms with Crippen LogP contribution in [0.5, 0.6) is 0 Å². The fourth-order valence-corrected chi connectivity index (χ4v) is 2.13. The van der Waals surface area contributed by atoms with Crippen LogP contribution in [0, 0.1) is 6.92 Å². The Balaban J connectivity index is 2.05. The summed E-state index contributed by atoms with van der Waals surface area (Å²) < 4.78 is 0.655. The molecule has 0 saturated heterocycles. The van der Waals surface area contributed by atoms with E-state index in [0.29, 0.717) is 21.7 Å². The van der Waals surface area contributed by atoms with Gasteiger partial charge in [0.1, 0.15) is 5.15 Å². The Morgan fingerprint density at radius 1 is 1.42 bits per heavy atom. The van der Waals surface area contributed by atoms with Gasteiger partial charge < -0.3 is 5.32 Å². The number of aromatic nitrogens is 1. The molecule has 1 heterocycles. The van der Waals surface area contributed by atoms with Gasteiger partial charge in [-0.2, -0.15) is 0 Å². The van der Waals surface area contributed by atoms with Crippen LogP contribution >= 0.6 is 27.5 Å². The average Bonchev–Trinajstić information content (AvgIpc) is 2.37. The second-order valence-electron chi connectivity index (χ2n) is 4.15. The van der Waals surface area contributed by atoms with Crippen molar-refractivity contribution in [3.63, 3.8) is 0 Å². The van der Waals surface area contributed by atoms with Gasteiger partial charge in [-0.05, 0) is 40.0 Å². The molecular formula is C14H12BrClN2O. The number of anilines is 1. The molecule has 1 amide bonds. The van der Waals surface area contributed by atoms with Crippen molar-refractivity contribution in [2.75, 3.05) is 5.32 Å². The highest BCUT2D eigenvalue weighted by atomic mass is 79.9. The molecule has 0 saturated carbocycles. The van der Waals surface area contributed by atoms with Crippen molar-refractivity contribution >= 4 is 39.1 Å². The molecule has 2 rings (SSSR count). The second-order valence-corrected chi connectivity index (χ2v) is 5.36. The summed E-state index contributed by atoms with van der Waals surface area (Å²) in [4.78, 5) is 15.9. The zero-order valence-electron chi connectivity index (χ0n) is 10.3. The predicted molar refractivity (Wildman–Crippen MR) is 80.5 cm³/mol. The molecule has 0 unspecified atom stereocenters. The predicted octanol–water partition coefficient (Wildman–Crippen LogP) is 3.99. The molecular weight excluding hydrogens is 328 g/mol. The van der Waals surface area contributed by atoms with Gasteiger partial charge in [-0.1, -0.05) is 35.9 Å². The van der Waals surface area contributed by atoms with Crippen LogP contribution in [0.3, 0.4) is 0 Å². The highest BCUT2D eigenvalue weighted by molar-refractivity contribution is 9.10. The summed E-state index contributed by atoms with van der Waals surface area (Å²) in [5, 5.41) is 3.17. The number of benzene rings is 1. The Bertz CT molecular complexity index is 616. The zero-order chi connectivity index (χ0) is 13.8. The number of nitrogens with zero attached hydrogens (tertiary/aromatic N) is 1. The van der Waals surface area contributed by atoms with Gasteiger partial charge in [0, 0.05) is 0 Å². The molecule has 19 heavy (non-hydrogen) atoms. The summed E-state index contributed by atoms with van der Waals surface area (Å²) in [6.07, 6.45) is 1.87. The van der Waals surface area contributed by atoms with E-state index in [2.05, 4.69) is 26.2 Å². The molecule has 1 aromatic heterocycles. The van der Waals surface area contributed by atoms with Crippen molar-refractivity contribution in [1.29, 1.82) is 0 Å². The first-order valence-corrected chi connectivity index (χ1v) is 6.89. The van der Waals surface area contributed by atoms with Gasteiger partial charge in [-0.15, -0.1) is 0 Å². The number of nitrogens with one attached hydrogen (secondary N) is 1. The molecule has 1 aromatic carbocycles. The van der Waals surface area contributed by atoms with Gasteiger partial charge >= 0.3 is 0 Å². The summed E-state index contributed by atoms with van der Waals surface area (Å²) >= 11 is 9.07. The van der Waals surface area contributed by atoms with Gasteiger partial charge in [-0.3, -0.25) is 4.79 Å². The fourth-order valence-electron chi connectivity index (χ4n) is 1.68. The van der Waals surface area contributed by atoms with Gasteiger partial charge in [0.15, 0.2) is 0 Å². The van der Waals surface area contributed by atoms with Crippen LogP contribution in [-0.2, 0) is 11.2 Å². The molecule has 3 nitrogen and oxygen atoms in total. The lowest BCUT2D eigenvalue weighted by atomic mass is 10.1. The SMILES string of the molecule is Cc1ccccc1CC(=O)Nc1cnc(Cl)c(Br)c1. The summed E-state index contributed by atoms with van der Waals surface area (Å²) in [5.74, 6) is -0.0784. The first-order chi connectivity index (χ1) is 9.06. The summed E-state index contributed by atoms with van der Waals surface area (Å²) in [6, 6.07) is 9.55. The minimum atomic E-state index is -0.0784. The van der Waals surface area contributed by atoms with E-state index >= 15 is 0 Å². The fraction of sp³-hybridized carbons (Fsp3) is 0.143. The Hall–Kier alpha value is -1.39. The summed E-state index contributed by atoms with van der Waals surface area (Å²) in [7, 11) is 0. The lowest BCUT2D eigenvalue weighted by Gasteiger charge is -2.07. The minimum absolute atomic E-state index is 0.0784. The normalized spacial score (nSPS) is 10.3. The molecule has 0 aliphatic rings. The third-order valence-electron chi connectivity index (χ3n) is 2.69. The highest BCUT2D eigenvalue weighted by Crippen LogP contribution is 2.23. The topological polar surface area (TPSA) is 42.0 Å². The standard InChI is InChI=1S/C14H12BrClN2O/c1-9-4-2-3-5-10(9)6-13(19)18-11-7-12(15)14(16)17-8-11/h2-5,7-8H,6H2,1H3,(H,18,19). The number of carbonyl (C=O) groups is 1. The smallest absolute Gasteiger partial charge is 0.228 e.